The minimum Gasteiger partial charge on any atom is -0.456 e. The quantitative estimate of drug-likeness (QED) is 0.729. The molecule has 0 radical (unpaired) electrons. The third kappa shape index (κ3) is 2.73. The number of aryl methyl sites for hydroxylation is 1. The predicted octanol–water partition coefficient (Wildman–Crippen LogP) is 2.59. The molecule has 0 bridgehead atoms. The van der Waals surface area contributed by atoms with Crippen molar-refractivity contribution in [2.45, 2.75) is 33.3 Å². The smallest absolute Gasteiger partial charge is 0.349 e. The van der Waals surface area contributed by atoms with E-state index in [2.05, 4.69) is 0 Å². The van der Waals surface area contributed by atoms with Gasteiger partial charge in [0, 0.05) is 0 Å². The number of nitrogen functional groups attached to an aromatic ring is 1. The summed E-state index contributed by atoms with van der Waals surface area (Å²) >= 11 is 1.27. The number of hydrogen-bond acceptors (Lipinski definition) is 4. The fraction of sp³-hybridized carbons (Fsp3) is 0.500. The molecule has 0 aliphatic heterocycles. The summed E-state index contributed by atoms with van der Waals surface area (Å²) in [5.74, 6) is -0.295. The first kappa shape index (κ1) is 11.0. The topological polar surface area (TPSA) is 52.3 Å². The molecule has 78 valence electrons. The van der Waals surface area contributed by atoms with Gasteiger partial charge in [-0.2, -0.15) is 0 Å². The Kier molecular flexibility index (Phi) is 2.85. The number of esters is 1. The van der Waals surface area contributed by atoms with Crippen LogP contribution in [-0.4, -0.2) is 11.6 Å². The molecule has 4 heteroatoms. The highest BCUT2D eigenvalue weighted by Crippen LogP contribution is 2.25. The van der Waals surface area contributed by atoms with Crippen molar-refractivity contribution in [2.75, 3.05) is 5.73 Å². The Labute approximate surface area is 87.9 Å². The summed E-state index contributed by atoms with van der Waals surface area (Å²) in [4.78, 5) is 12.2. The second-order valence-corrected chi connectivity index (χ2v) is 5.25. The minimum atomic E-state index is -0.456. The van der Waals surface area contributed by atoms with Gasteiger partial charge in [0.1, 0.15) is 10.5 Å². The molecule has 0 spiro atoms. The molecule has 0 aliphatic carbocycles. The number of rotatable bonds is 1. The maximum atomic E-state index is 11.6. The molecule has 14 heavy (non-hydrogen) atoms. The van der Waals surface area contributed by atoms with Crippen molar-refractivity contribution in [3.63, 3.8) is 0 Å². The molecule has 0 saturated carbocycles. The van der Waals surface area contributed by atoms with Gasteiger partial charge < -0.3 is 10.5 Å². The molecule has 1 aromatic rings. The first-order valence-electron chi connectivity index (χ1n) is 4.39. The van der Waals surface area contributed by atoms with Crippen molar-refractivity contribution in [2.24, 2.45) is 0 Å². The summed E-state index contributed by atoms with van der Waals surface area (Å²) in [6.07, 6.45) is 0. The molecule has 0 atom stereocenters. The summed E-state index contributed by atoms with van der Waals surface area (Å²) in [5, 5.41) is 0.642. The molecule has 1 aromatic heterocycles. The van der Waals surface area contributed by atoms with Crippen LogP contribution in [0.1, 0.15) is 36.0 Å². The normalized spacial score (nSPS) is 11.4. The van der Waals surface area contributed by atoms with Gasteiger partial charge in [0.2, 0.25) is 0 Å². The number of ether oxygens (including phenoxy) is 1. The van der Waals surface area contributed by atoms with Gasteiger partial charge in [-0.25, -0.2) is 4.79 Å². The van der Waals surface area contributed by atoms with E-state index in [1.165, 1.54) is 11.3 Å². The highest BCUT2D eigenvalue weighted by molar-refractivity contribution is 7.17. The molecule has 3 nitrogen and oxygen atoms in total. The number of anilines is 1. The SMILES string of the molecule is Cc1cc(N)sc1C(=O)OC(C)(C)C. The summed E-state index contributed by atoms with van der Waals surface area (Å²) in [5.41, 5.74) is 6.01. The summed E-state index contributed by atoms with van der Waals surface area (Å²) < 4.78 is 5.23. The second-order valence-electron chi connectivity index (χ2n) is 4.16. The Bertz CT molecular complexity index is 349. The Balaban J connectivity index is 2.85. The zero-order valence-electron chi connectivity index (χ0n) is 8.88. The van der Waals surface area contributed by atoms with Crippen LogP contribution in [0, 0.1) is 6.92 Å². The van der Waals surface area contributed by atoms with Crippen molar-refractivity contribution < 1.29 is 9.53 Å². The van der Waals surface area contributed by atoms with Crippen LogP contribution < -0.4 is 5.73 Å². The van der Waals surface area contributed by atoms with Crippen molar-refractivity contribution in [3.05, 3.63) is 16.5 Å². The first-order chi connectivity index (χ1) is 6.29. The molecule has 0 fully saturated rings. The largest absolute Gasteiger partial charge is 0.456 e. The monoisotopic (exact) mass is 213 g/mol. The van der Waals surface area contributed by atoms with Gasteiger partial charge in [-0.15, -0.1) is 11.3 Å². The Morgan fingerprint density at radius 3 is 2.43 bits per heavy atom. The van der Waals surface area contributed by atoms with Crippen molar-refractivity contribution in [1.29, 1.82) is 0 Å². The van der Waals surface area contributed by atoms with Gasteiger partial charge in [0.15, 0.2) is 0 Å². The third-order valence-corrected chi connectivity index (χ3v) is 2.57. The number of carbonyl (C=O) groups excluding carboxylic acids is 1. The summed E-state index contributed by atoms with van der Waals surface area (Å²) in [6, 6.07) is 1.78. The number of hydrogen-bond donors (Lipinski definition) is 1. The fourth-order valence-electron chi connectivity index (χ4n) is 1.03. The van der Waals surface area contributed by atoms with E-state index in [1.807, 2.05) is 27.7 Å². The van der Waals surface area contributed by atoms with Crippen LogP contribution >= 0.6 is 11.3 Å². The highest BCUT2D eigenvalue weighted by atomic mass is 32.1. The number of carbonyl (C=O) groups is 1. The Morgan fingerprint density at radius 2 is 2.07 bits per heavy atom. The molecule has 0 amide bonds. The van der Waals surface area contributed by atoms with Crippen molar-refractivity contribution in [3.8, 4) is 0 Å². The van der Waals surface area contributed by atoms with Crippen LogP contribution in [0.5, 0.6) is 0 Å². The van der Waals surface area contributed by atoms with Crippen molar-refractivity contribution in [1.82, 2.24) is 0 Å². The Hall–Kier alpha value is -1.03. The molecule has 2 N–H and O–H groups in total. The van der Waals surface area contributed by atoms with E-state index in [1.54, 1.807) is 6.07 Å². The molecular weight excluding hydrogens is 198 g/mol. The van der Waals surface area contributed by atoms with E-state index >= 15 is 0 Å². The summed E-state index contributed by atoms with van der Waals surface area (Å²) in [7, 11) is 0. The lowest BCUT2D eigenvalue weighted by Gasteiger charge is -2.19. The van der Waals surface area contributed by atoms with Gasteiger partial charge in [-0.05, 0) is 39.3 Å². The third-order valence-electron chi connectivity index (χ3n) is 1.52. The van der Waals surface area contributed by atoms with E-state index in [4.69, 9.17) is 10.5 Å². The van der Waals surface area contributed by atoms with Crippen LogP contribution in [0.15, 0.2) is 6.07 Å². The second kappa shape index (κ2) is 3.61. The lowest BCUT2D eigenvalue weighted by atomic mass is 10.2. The molecule has 0 saturated heterocycles. The lowest BCUT2D eigenvalue weighted by molar-refractivity contribution is 0.00746. The van der Waals surface area contributed by atoms with Crippen LogP contribution in [0.3, 0.4) is 0 Å². The lowest BCUT2D eigenvalue weighted by Crippen LogP contribution is -2.23. The van der Waals surface area contributed by atoms with E-state index in [0.29, 0.717) is 9.88 Å². The molecule has 0 aromatic carbocycles. The van der Waals surface area contributed by atoms with Gasteiger partial charge >= 0.3 is 5.97 Å². The van der Waals surface area contributed by atoms with E-state index in [-0.39, 0.29) is 5.97 Å². The molecule has 0 unspecified atom stereocenters. The zero-order valence-corrected chi connectivity index (χ0v) is 9.70. The van der Waals surface area contributed by atoms with Crippen LogP contribution in [0.2, 0.25) is 0 Å². The average molecular weight is 213 g/mol. The van der Waals surface area contributed by atoms with Crippen LogP contribution in [-0.2, 0) is 4.74 Å². The van der Waals surface area contributed by atoms with E-state index in [0.717, 1.165) is 5.56 Å². The van der Waals surface area contributed by atoms with Gasteiger partial charge in [-0.1, -0.05) is 0 Å². The maximum absolute atomic E-state index is 11.6. The van der Waals surface area contributed by atoms with E-state index in [9.17, 15) is 4.79 Å². The first-order valence-corrected chi connectivity index (χ1v) is 5.20. The molecule has 1 heterocycles. The predicted molar refractivity (Wildman–Crippen MR) is 58.6 cm³/mol. The molecule has 1 rings (SSSR count). The molecule has 0 aliphatic rings. The maximum Gasteiger partial charge on any atom is 0.349 e. The molecular formula is C10H15NO2S. The zero-order chi connectivity index (χ0) is 10.9. The average Bonchev–Trinajstić information content (AvgIpc) is 2.26. The minimum absolute atomic E-state index is 0.295. The number of thiophene rings is 1. The van der Waals surface area contributed by atoms with Crippen LogP contribution in [0.25, 0.3) is 0 Å². The highest BCUT2D eigenvalue weighted by Gasteiger charge is 2.20. The van der Waals surface area contributed by atoms with Crippen molar-refractivity contribution >= 4 is 22.3 Å². The fourth-order valence-corrected chi connectivity index (χ4v) is 1.85. The van der Waals surface area contributed by atoms with Gasteiger partial charge in [-0.3, -0.25) is 0 Å². The van der Waals surface area contributed by atoms with Gasteiger partial charge in [0.05, 0.1) is 5.00 Å². The Morgan fingerprint density at radius 1 is 1.50 bits per heavy atom. The number of nitrogens with two attached hydrogens (primary N) is 1. The standard InChI is InChI=1S/C10H15NO2S/c1-6-5-7(11)14-8(6)9(12)13-10(2,3)4/h5H,11H2,1-4H3. The summed E-state index contributed by atoms with van der Waals surface area (Å²) in [6.45, 7) is 7.39. The van der Waals surface area contributed by atoms with E-state index < -0.39 is 5.60 Å². The van der Waals surface area contributed by atoms with Gasteiger partial charge in [0.25, 0.3) is 0 Å². The van der Waals surface area contributed by atoms with Crippen LogP contribution in [0.4, 0.5) is 5.00 Å².